The van der Waals surface area contributed by atoms with Gasteiger partial charge in [0.15, 0.2) is 5.65 Å². The molecule has 1 fully saturated rings. The quantitative estimate of drug-likeness (QED) is 0.448. The van der Waals surface area contributed by atoms with E-state index in [2.05, 4.69) is 10.1 Å². The zero-order chi connectivity index (χ0) is 20.2. The molecule has 5 rings (SSSR count). The fourth-order valence-corrected chi connectivity index (χ4v) is 3.92. The minimum atomic E-state index is -0.282. The molecule has 0 atom stereocenters. The van der Waals surface area contributed by atoms with Crippen LogP contribution in [0.5, 0.6) is 0 Å². The van der Waals surface area contributed by atoms with Gasteiger partial charge >= 0.3 is 0 Å². The molecule has 1 saturated heterocycles. The second-order valence-electron chi connectivity index (χ2n) is 7.96. The molecule has 0 bridgehead atoms. The van der Waals surface area contributed by atoms with Gasteiger partial charge in [-0.25, -0.2) is 9.50 Å². The zero-order valence-electron chi connectivity index (χ0n) is 16.1. The molecule has 3 heterocycles. The van der Waals surface area contributed by atoms with Crippen LogP contribution in [0.3, 0.4) is 0 Å². The lowest BCUT2D eigenvalue weighted by Gasteiger charge is -2.44. The summed E-state index contributed by atoms with van der Waals surface area (Å²) in [5.74, 6) is 0.152. The van der Waals surface area contributed by atoms with Gasteiger partial charge in [0.2, 0.25) is 5.91 Å². The molecule has 144 valence electrons. The number of carbonyl (C=O) groups excluding carboxylic acids is 1. The third-order valence-electron chi connectivity index (χ3n) is 5.39. The molecule has 0 saturated carbocycles. The van der Waals surface area contributed by atoms with E-state index in [1.54, 1.807) is 6.20 Å². The van der Waals surface area contributed by atoms with E-state index in [4.69, 9.17) is 11.6 Å². The van der Waals surface area contributed by atoms with Crippen molar-refractivity contribution in [3.8, 4) is 22.4 Å². The second kappa shape index (κ2) is 6.42. The van der Waals surface area contributed by atoms with Crippen molar-refractivity contribution >= 4 is 28.8 Å². The van der Waals surface area contributed by atoms with Gasteiger partial charge in [0.25, 0.3) is 0 Å². The Bertz CT molecular complexity index is 1240. The molecule has 0 unspecified atom stereocenters. The zero-order valence-corrected chi connectivity index (χ0v) is 16.9. The van der Waals surface area contributed by atoms with Crippen molar-refractivity contribution < 1.29 is 4.79 Å². The Morgan fingerprint density at radius 1 is 1.03 bits per heavy atom. The summed E-state index contributed by atoms with van der Waals surface area (Å²) in [7, 11) is 0. The van der Waals surface area contributed by atoms with Gasteiger partial charge in [0.1, 0.15) is 0 Å². The third-order valence-corrected chi connectivity index (χ3v) is 5.64. The molecule has 1 amide bonds. The Hall–Kier alpha value is -3.18. The average molecular weight is 403 g/mol. The monoisotopic (exact) mass is 402 g/mol. The van der Waals surface area contributed by atoms with Crippen LogP contribution in [0, 0.1) is 5.41 Å². The SMILES string of the molecule is CC1(C)CN(c2cccc(-c3ccnc4c(-c5ccc(Cl)cc5)cnn34)c2)C1=O. The van der Waals surface area contributed by atoms with E-state index in [1.165, 1.54) is 0 Å². The Labute approximate surface area is 173 Å². The molecule has 0 radical (unpaired) electrons. The number of β-lactam (4-membered cyclic amide) rings is 1. The summed E-state index contributed by atoms with van der Waals surface area (Å²) >= 11 is 6.02. The number of amides is 1. The highest BCUT2D eigenvalue weighted by molar-refractivity contribution is 6.30. The standard InChI is InChI=1S/C23H19ClN4O/c1-23(2)14-27(22(23)29)18-5-3-4-16(12-18)20-10-11-25-21-19(13-26-28(20)21)15-6-8-17(24)9-7-15/h3-13H,14H2,1-2H3. The molecule has 1 aliphatic heterocycles. The van der Waals surface area contributed by atoms with Crippen LogP contribution in [0.4, 0.5) is 5.69 Å². The van der Waals surface area contributed by atoms with Crippen LogP contribution in [0.2, 0.25) is 5.02 Å². The number of anilines is 1. The van der Waals surface area contributed by atoms with E-state index < -0.39 is 0 Å². The van der Waals surface area contributed by atoms with Crippen LogP contribution >= 0.6 is 11.6 Å². The van der Waals surface area contributed by atoms with Gasteiger partial charge in [-0.15, -0.1) is 0 Å². The van der Waals surface area contributed by atoms with E-state index in [0.717, 1.165) is 40.3 Å². The fraction of sp³-hybridized carbons (Fsp3) is 0.174. The molecule has 2 aromatic heterocycles. The first-order valence-corrected chi connectivity index (χ1v) is 9.83. The highest BCUT2D eigenvalue weighted by Gasteiger charge is 2.44. The van der Waals surface area contributed by atoms with Gasteiger partial charge in [-0.2, -0.15) is 5.10 Å². The summed E-state index contributed by atoms with van der Waals surface area (Å²) in [5.41, 5.74) is 5.26. The minimum Gasteiger partial charge on any atom is -0.311 e. The lowest BCUT2D eigenvalue weighted by Crippen LogP contribution is -2.58. The molecular formula is C23H19ClN4O. The van der Waals surface area contributed by atoms with Crippen molar-refractivity contribution in [2.24, 2.45) is 5.41 Å². The Kier molecular flexibility index (Phi) is 3.96. The Morgan fingerprint density at radius 2 is 1.83 bits per heavy atom. The molecule has 5 nitrogen and oxygen atoms in total. The molecule has 1 aliphatic rings. The molecular weight excluding hydrogens is 384 g/mol. The molecule has 0 spiro atoms. The number of hydrogen-bond acceptors (Lipinski definition) is 3. The van der Waals surface area contributed by atoms with Gasteiger partial charge in [-0.3, -0.25) is 4.79 Å². The van der Waals surface area contributed by atoms with E-state index in [-0.39, 0.29) is 11.3 Å². The van der Waals surface area contributed by atoms with Crippen LogP contribution in [0.1, 0.15) is 13.8 Å². The molecule has 4 aromatic rings. The maximum Gasteiger partial charge on any atom is 0.234 e. The van der Waals surface area contributed by atoms with Crippen molar-refractivity contribution in [1.82, 2.24) is 14.6 Å². The lowest BCUT2D eigenvalue weighted by atomic mass is 9.82. The summed E-state index contributed by atoms with van der Waals surface area (Å²) in [5, 5.41) is 5.28. The number of fused-ring (bicyclic) bond motifs is 1. The molecule has 0 aliphatic carbocycles. The first-order chi connectivity index (χ1) is 13.9. The maximum absolute atomic E-state index is 12.4. The molecule has 0 N–H and O–H groups in total. The Balaban J connectivity index is 1.57. The van der Waals surface area contributed by atoms with E-state index >= 15 is 0 Å². The number of aromatic nitrogens is 3. The Morgan fingerprint density at radius 3 is 2.55 bits per heavy atom. The summed E-state index contributed by atoms with van der Waals surface area (Å²) in [6, 6.07) is 17.6. The maximum atomic E-state index is 12.4. The van der Waals surface area contributed by atoms with Crippen molar-refractivity contribution in [3.05, 3.63) is 72.0 Å². The molecule has 29 heavy (non-hydrogen) atoms. The molecule has 2 aromatic carbocycles. The van der Waals surface area contributed by atoms with Gasteiger partial charge in [-0.1, -0.05) is 35.9 Å². The molecule has 6 heteroatoms. The van der Waals surface area contributed by atoms with Gasteiger partial charge < -0.3 is 4.90 Å². The number of halogens is 1. The van der Waals surface area contributed by atoms with Crippen molar-refractivity contribution in [1.29, 1.82) is 0 Å². The number of rotatable bonds is 3. The summed E-state index contributed by atoms with van der Waals surface area (Å²) in [6.45, 7) is 4.68. The first kappa shape index (κ1) is 17.9. The summed E-state index contributed by atoms with van der Waals surface area (Å²) in [4.78, 5) is 18.8. The summed E-state index contributed by atoms with van der Waals surface area (Å²) in [6.07, 6.45) is 3.61. The van der Waals surface area contributed by atoms with Crippen molar-refractivity contribution in [2.75, 3.05) is 11.4 Å². The highest BCUT2D eigenvalue weighted by Crippen LogP contribution is 2.36. The van der Waals surface area contributed by atoms with Crippen LogP contribution in [0.25, 0.3) is 28.0 Å². The number of benzene rings is 2. The smallest absolute Gasteiger partial charge is 0.234 e. The van der Waals surface area contributed by atoms with Gasteiger partial charge in [0, 0.05) is 34.6 Å². The first-order valence-electron chi connectivity index (χ1n) is 9.45. The van der Waals surface area contributed by atoms with E-state index in [1.807, 2.05) is 84.1 Å². The van der Waals surface area contributed by atoms with Crippen LogP contribution in [-0.2, 0) is 4.79 Å². The minimum absolute atomic E-state index is 0.152. The number of hydrogen-bond donors (Lipinski definition) is 0. The van der Waals surface area contributed by atoms with Gasteiger partial charge in [0.05, 0.1) is 17.3 Å². The lowest BCUT2D eigenvalue weighted by molar-refractivity contribution is -0.132. The normalized spacial score (nSPS) is 15.6. The number of carbonyl (C=O) groups is 1. The van der Waals surface area contributed by atoms with Crippen LogP contribution < -0.4 is 4.90 Å². The van der Waals surface area contributed by atoms with Crippen LogP contribution in [-0.4, -0.2) is 27.0 Å². The van der Waals surface area contributed by atoms with E-state index in [9.17, 15) is 4.79 Å². The summed E-state index contributed by atoms with van der Waals surface area (Å²) < 4.78 is 1.84. The van der Waals surface area contributed by atoms with Crippen LogP contribution in [0.15, 0.2) is 67.0 Å². The van der Waals surface area contributed by atoms with Crippen molar-refractivity contribution in [3.63, 3.8) is 0 Å². The largest absolute Gasteiger partial charge is 0.311 e. The third kappa shape index (κ3) is 2.89. The second-order valence-corrected chi connectivity index (χ2v) is 8.39. The fourth-order valence-electron chi connectivity index (χ4n) is 3.79. The van der Waals surface area contributed by atoms with E-state index in [0.29, 0.717) is 5.02 Å². The topological polar surface area (TPSA) is 50.5 Å². The average Bonchev–Trinajstić information content (AvgIpc) is 3.17. The highest BCUT2D eigenvalue weighted by atomic mass is 35.5. The predicted molar refractivity (Wildman–Crippen MR) is 115 cm³/mol. The van der Waals surface area contributed by atoms with Gasteiger partial charge in [-0.05, 0) is 49.7 Å². The predicted octanol–water partition coefficient (Wildman–Crippen LogP) is 5.09. The number of nitrogens with zero attached hydrogens (tertiary/aromatic N) is 4. The van der Waals surface area contributed by atoms with Crippen molar-refractivity contribution in [2.45, 2.75) is 13.8 Å².